The number of likely N-dealkylation sites (tertiary alicyclic amines) is 1. The molecule has 1 aliphatic rings. The standard InChI is InChI=1S/C31H32FN7O8/c1-47-30(45)16-34-26(40)15-33-27(41)17-38-24-4-2-3-20(22(24)14-35-38)21-12-25-19(11-23(21)32)13-36-39(25)31(46)18-7-9-37(10-8-18)28(42)5-6-29(43)44/h2-4,11-14,18H,5-10,15-17H2,1H3,(H,33,41)(H,34,40)(H,43,44). The number of carbonyl (C=O) groups is 6. The number of hydrogen-bond acceptors (Lipinski definition) is 9. The van der Waals surface area contributed by atoms with E-state index in [2.05, 4.69) is 25.6 Å². The van der Waals surface area contributed by atoms with Gasteiger partial charge < -0.3 is 25.4 Å². The lowest BCUT2D eigenvalue weighted by molar-refractivity contribution is -0.141. The topological polar surface area (TPSA) is 195 Å². The van der Waals surface area contributed by atoms with Crippen LogP contribution in [0, 0.1) is 11.7 Å². The molecule has 15 nitrogen and oxygen atoms in total. The molecule has 1 saturated heterocycles. The smallest absolute Gasteiger partial charge is 0.325 e. The van der Waals surface area contributed by atoms with E-state index in [4.69, 9.17) is 5.11 Å². The number of aliphatic carboxylic acids is 1. The molecular formula is C31H32FN7O8. The van der Waals surface area contributed by atoms with Gasteiger partial charge in [0.2, 0.25) is 17.7 Å². The van der Waals surface area contributed by atoms with Crippen LogP contribution in [0.2, 0.25) is 0 Å². The minimum Gasteiger partial charge on any atom is -0.481 e. The van der Waals surface area contributed by atoms with Crippen molar-refractivity contribution in [2.45, 2.75) is 32.2 Å². The first-order valence-electron chi connectivity index (χ1n) is 14.8. The van der Waals surface area contributed by atoms with E-state index < -0.39 is 35.5 Å². The van der Waals surface area contributed by atoms with Crippen molar-refractivity contribution < 1.29 is 43.0 Å². The molecule has 0 unspecified atom stereocenters. The molecule has 16 heteroatoms. The molecule has 0 radical (unpaired) electrons. The van der Waals surface area contributed by atoms with Gasteiger partial charge in [0.15, 0.2) is 0 Å². The fraction of sp³-hybridized carbons (Fsp3) is 0.355. The lowest BCUT2D eigenvalue weighted by Crippen LogP contribution is -2.41. The highest BCUT2D eigenvalue weighted by molar-refractivity contribution is 5.99. The van der Waals surface area contributed by atoms with E-state index in [-0.39, 0.29) is 49.9 Å². The van der Waals surface area contributed by atoms with Crippen LogP contribution in [0.15, 0.2) is 42.7 Å². The first-order chi connectivity index (χ1) is 22.5. The summed E-state index contributed by atoms with van der Waals surface area (Å²) in [6, 6.07) is 7.94. The molecule has 1 fully saturated rings. The molecule has 2 aromatic heterocycles. The zero-order chi connectivity index (χ0) is 33.7. The number of rotatable bonds is 11. The van der Waals surface area contributed by atoms with Crippen LogP contribution in [0.1, 0.15) is 30.5 Å². The molecule has 3 amide bonds. The summed E-state index contributed by atoms with van der Waals surface area (Å²) in [7, 11) is 1.19. The summed E-state index contributed by atoms with van der Waals surface area (Å²) in [6.45, 7) is -0.277. The Kier molecular flexibility index (Phi) is 9.87. The van der Waals surface area contributed by atoms with Crippen LogP contribution in [0.3, 0.4) is 0 Å². The van der Waals surface area contributed by atoms with Crippen molar-refractivity contribution in [3.63, 3.8) is 0 Å². The SMILES string of the molecule is COC(=O)CNC(=O)CNC(=O)Cn1ncc2c(-c3cc4c(cnn4C(=O)C4CCN(C(=O)CCC(=O)O)CC4)cc3F)cccc21. The van der Waals surface area contributed by atoms with Crippen molar-refractivity contribution in [2.75, 3.05) is 33.3 Å². The number of benzene rings is 2. The van der Waals surface area contributed by atoms with Crippen LogP contribution in [-0.2, 0) is 35.3 Å². The molecule has 0 bridgehead atoms. The zero-order valence-electron chi connectivity index (χ0n) is 25.4. The number of fused-ring (bicyclic) bond motifs is 2. The van der Waals surface area contributed by atoms with Crippen LogP contribution in [0.4, 0.5) is 4.39 Å². The first kappa shape index (κ1) is 32.7. The summed E-state index contributed by atoms with van der Waals surface area (Å²) in [6.07, 6.45) is 3.34. The normalized spacial score (nSPS) is 13.4. The molecule has 0 aliphatic carbocycles. The Labute approximate surface area is 266 Å². The van der Waals surface area contributed by atoms with Crippen LogP contribution in [0.5, 0.6) is 0 Å². The molecule has 47 heavy (non-hydrogen) atoms. The molecule has 2 aromatic carbocycles. The highest BCUT2D eigenvalue weighted by Gasteiger charge is 2.30. The van der Waals surface area contributed by atoms with Crippen molar-refractivity contribution >= 4 is 57.4 Å². The third-order valence-corrected chi connectivity index (χ3v) is 7.99. The number of carboxylic acid groups (broad SMARTS) is 1. The summed E-state index contributed by atoms with van der Waals surface area (Å²) >= 11 is 0. The van der Waals surface area contributed by atoms with Crippen molar-refractivity contribution in [1.82, 2.24) is 35.1 Å². The Balaban J connectivity index is 1.30. The fourth-order valence-electron chi connectivity index (χ4n) is 5.49. The average Bonchev–Trinajstić information content (AvgIpc) is 3.68. The van der Waals surface area contributed by atoms with Gasteiger partial charge in [-0.1, -0.05) is 12.1 Å². The maximum absolute atomic E-state index is 15.5. The Bertz CT molecular complexity index is 1880. The summed E-state index contributed by atoms with van der Waals surface area (Å²) in [4.78, 5) is 73.8. The fourth-order valence-corrected chi connectivity index (χ4v) is 5.49. The first-order valence-corrected chi connectivity index (χ1v) is 14.8. The molecule has 1 aliphatic heterocycles. The number of aromatic nitrogens is 4. The molecule has 246 valence electrons. The van der Waals surface area contributed by atoms with Gasteiger partial charge >= 0.3 is 11.9 Å². The zero-order valence-corrected chi connectivity index (χ0v) is 25.4. The maximum Gasteiger partial charge on any atom is 0.325 e. The lowest BCUT2D eigenvalue weighted by atomic mass is 9.95. The van der Waals surface area contributed by atoms with Gasteiger partial charge in [0.25, 0.3) is 5.91 Å². The Morgan fingerprint density at radius 2 is 1.68 bits per heavy atom. The van der Waals surface area contributed by atoms with Gasteiger partial charge in [0.1, 0.15) is 18.9 Å². The number of nitrogens with zero attached hydrogens (tertiary/aromatic N) is 5. The second-order valence-corrected chi connectivity index (χ2v) is 11.0. The highest BCUT2D eigenvalue weighted by atomic mass is 19.1. The molecule has 0 saturated carbocycles. The summed E-state index contributed by atoms with van der Waals surface area (Å²) in [5, 5.41) is 23.1. The van der Waals surface area contributed by atoms with Gasteiger partial charge in [0.05, 0.1) is 43.5 Å². The van der Waals surface area contributed by atoms with E-state index in [0.29, 0.717) is 53.3 Å². The van der Waals surface area contributed by atoms with E-state index in [9.17, 15) is 28.8 Å². The van der Waals surface area contributed by atoms with Gasteiger partial charge in [-0.2, -0.15) is 14.9 Å². The number of amides is 3. The number of carboxylic acids is 1. The van der Waals surface area contributed by atoms with Crippen LogP contribution in [0.25, 0.3) is 32.9 Å². The minimum atomic E-state index is -1.05. The van der Waals surface area contributed by atoms with Crippen molar-refractivity contribution in [3.8, 4) is 11.1 Å². The molecule has 5 rings (SSSR count). The highest BCUT2D eigenvalue weighted by Crippen LogP contribution is 2.33. The van der Waals surface area contributed by atoms with Gasteiger partial charge in [0, 0.05) is 41.8 Å². The Morgan fingerprint density at radius 1 is 0.936 bits per heavy atom. The number of hydrogen-bond donors (Lipinski definition) is 3. The third-order valence-electron chi connectivity index (χ3n) is 7.99. The lowest BCUT2D eigenvalue weighted by Gasteiger charge is -2.31. The van der Waals surface area contributed by atoms with Gasteiger partial charge in [-0.15, -0.1) is 0 Å². The predicted molar refractivity (Wildman–Crippen MR) is 163 cm³/mol. The number of halogens is 1. The maximum atomic E-state index is 15.5. The Morgan fingerprint density at radius 3 is 2.40 bits per heavy atom. The number of nitrogens with one attached hydrogen (secondary N) is 2. The number of esters is 1. The second kappa shape index (κ2) is 14.2. The van der Waals surface area contributed by atoms with E-state index in [1.165, 1.54) is 34.9 Å². The quantitative estimate of drug-likeness (QED) is 0.200. The molecule has 4 aromatic rings. The van der Waals surface area contributed by atoms with E-state index in [1.54, 1.807) is 29.2 Å². The van der Waals surface area contributed by atoms with E-state index in [1.807, 2.05) is 0 Å². The minimum absolute atomic E-state index is 0.0938. The van der Waals surface area contributed by atoms with Gasteiger partial charge in [-0.25, -0.2) is 4.39 Å². The monoisotopic (exact) mass is 649 g/mol. The molecule has 0 spiro atoms. The predicted octanol–water partition coefficient (Wildman–Crippen LogP) is 1.34. The summed E-state index contributed by atoms with van der Waals surface area (Å²) < 4.78 is 22.6. The number of carbonyl (C=O) groups excluding carboxylic acids is 5. The molecule has 0 atom stereocenters. The largest absolute Gasteiger partial charge is 0.481 e. The Hall–Kier alpha value is -5.67. The second-order valence-electron chi connectivity index (χ2n) is 11.0. The van der Waals surface area contributed by atoms with Crippen LogP contribution >= 0.6 is 0 Å². The van der Waals surface area contributed by atoms with Crippen LogP contribution < -0.4 is 10.6 Å². The molecular weight excluding hydrogens is 617 g/mol. The van der Waals surface area contributed by atoms with Crippen molar-refractivity contribution in [3.05, 3.63) is 48.5 Å². The summed E-state index contributed by atoms with van der Waals surface area (Å²) in [5.41, 5.74) is 1.61. The van der Waals surface area contributed by atoms with Crippen molar-refractivity contribution in [2.24, 2.45) is 5.92 Å². The third kappa shape index (κ3) is 7.43. The van der Waals surface area contributed by atoms with E-state index >= 15 is 4.39 Å². The van der Waals surface area contributed by atoms with Crippen LogP contribution in [-0.4, -0.2) is 98.4 Å². The van der Waals surface area contributed by atoms with Gasteiger partial charge in [-0.05, 0) is 36.6 Å². The number of piperidine rings is 1. The molecule has 3 N–H and O–H groups in total. The van der Waals surface area contributed by atoms with E-state index in [0.717, 1.165) is 0 Å². The summed E-state index contributed by atoms with van der Waals surface area (Å²) in [5.74, 6) is -4.29. The number of ether oxygens (including phenoxy) is 1. The average molecular weight is 650 g/mol. The van der Waals surface area contributed by atoms with Gasteiger partial charge in [-0.3, -0.25) is 33.4 Å². The molecule has 3 heterocycles. The number of methoxy groups -OCH3 is 1. The van der Waals surface area contributed by atoms with Crippen molar-refractivity contribution in [1.29, 1.82) is 0 Å².